The number of nitrogens with zero attached hydrogens (tertiary/aromatic N) is 4. The quantitative estimate of drug-likeness (QED) is 0.415. The van der Waals surface area contributed by atoms with Crippen molar-refractivity contribution in [3.8, 4) is 0 Å². The predicted molar refractivity (Wildman–Crippen MR) is 134 cm³/mol. The monoisotopic (exact) mass is 480 g/mol. The van der Waals surface area contributed by atoms with Crippen LogP contribution in [-0.2, 0) is 30.8 Å². The number of benzene rings is 2. The molecule has 0 aliphatic carbocycles. The lowest BCUT2D eigenvalue weighted by Gasteiger charge is -2.16. The average Bonchev–Trinajstić information content (AvgIpc) is 2.83. The molecule has 4 aromatic rings. The molecule has 0 bridgehead atoms. The van der Waals surface area contributed by atoms with E-state index in [1.807, 2.05) is 56.3 Å². The second-order valence-corrected chi connectivity index (χ2v) is 10.2. The largest absolute Gasteiger partial charge is 0.396 e. The third kappa shape index (κ3) is 4.58. The fourth-order valence-corrected chi connectivity index (χ4v) is 5.20. The lowest BCUT2D eigenvalue weighted by atomic mass is 10.0. The minimum Gasteiger partial charge on any atom is -0.396 e. The van der Waals surface area contributed by atoms with Gasteiger partial charge in [-0.1, -0.05) is 56.3 Å². The molecule has 2 heterocycles. The van der Waals surface area contributed by atoms with E-state index in [-0.39, 0.29) is 34.5 Å². The zero-order valence-electron chi connectivity index (χ0n) is 19.5. The van der Waals surface area contributed by atoms with Crippen molar-refractivity contribution >= 4 is 32.7 Å². The van der Waals surface area contributed by atoms with E-state index < -0.39 is 22.0 Å². The van der Waals surface area contributed by atoms with Crippen LogP contribution in [0, 0.1) is 5.92 Å². The second kappa shape index (κ2) is 9.99. The highest BCUT2D eigenvalue weighted by molar-refractivity contribution is 7.85. The van der Waals surface area contributed by atoms with E-state index in [0.717, 1.165) is 20.9 Å². The number of aliphatic hydroxyl groups excluding tert-OH is 1. The number of fused-ring (bicyclic) bond motifs is 2. The fourth-order valence-electron chi connectivity index (χ4n) is 4.04. The van der Waals surface area contributed by atoms with Gasteiger partial charge in [0.25, 0.3) is 5.56 Å². The fraction of sp³-hybridized carbons (Fsp3) is 0.360. The van der Waals surface area contributed by atoms with Crippen LogP contribution >= 0.6 is 0 Å². The molecule has 1 atom stereocenters. The molecule has 0 fully saturated rings. The molecule has 0 saturated carbocycles. The summed E-state index contributed by atoms with van der Waals surface area (Å²) in [6.07, 6.45) is 0.681. The van der Waals surface area contributed by atoms with Crippen LogP contribution in [0.15, 0.2) is 57.1 Å². The van der Waals surface area contributed by atoms with E-state index in [2.05, 4.69) is 4.98 Å². The van der Waals surface area contributed by atoms with Crippen molar-refractivity contribution in [1.29, 1.82) is 0 Å². The molecular formula is C25H28N4O4S. The molecule has 2 aromatic heterocycles. The first-order valence-corrected chi connectivity index (χ1v) is 12.6. The van der Waals surface area contributed by atoms with E-state index in [4.69, 9.17) is 4.98 Å². The predicted octanol–water partition coefficient (Wildman–Crippen LogP) is 2.38. The van der Waals surface area contributed by atoms with Gasteiger partial charge in [0.2, 0.25) is 0 Å². The van der Waals surface area contributed by atoms with Gasteiger partial charge in [-0.15, -0.1) is 0 Å². The van der Waals surface area contributed by atoms with Crippen molar-refractivity contribution in [2.75, 3.05) is 12.4 Å². The molecule has 34 heavy (non-hydrogen) atoms. The molecule has 9 heteroatoms. The van der Waals surface area contributed by atoms with Gasteiger partial charge in [-0.2, -0.15) is 0 Å². The highest BCUT2D eigenvalue weighted by atomic mass is 32.2. The maximum Gasteiger partial charge on any atom is 0.332 e. The van der Waals surface area contributed by atoms with Crippen molar-refractivity contribution in [2.24, 2.45) is 13.0 Å². The Kier molecular flexibility index (Phi) is 7.04. The zero-order chi connectivity index (χ0) is 24.4. The Labute approximate surface area is 199 Å². The topological polar surface area (TPSA) is 107 Å². The Balaban J connectivity index is 1.99. The van der Waals surface area contributed by atoms with Crippen LogP contribution in [0.1, 0.15) is 31.5 Å². The summed E-state index contributed by atoms with van der Waals surface area (Å²) in [4.78, 5) is 35.1. The van der Waals surface area contributed by atoms with Gasteiger partial charge in [-0.3, -0.25) is 18.1 Å². The summed E-state index contributed by atoms with van der Waals surface area (Å²) in [6.45, 7) is 4.23. The average molecular weight is 481 g/mol. The molecule has 0 saturated heterocycles. The standard InChI is InChI=1S/C25H28N4O4S/c1-16(2)15-29-22-21(24(31)28(3)25(29)32)27-23(34(33)13-7-12-30)20(26-22)14-18-10-6-9-17-8-4-5-11-19(17)18/h4-6,8-11,16,30H,7,12-15H2,1-3H3. The van der Waals surface area contributed by atoms with Crippen molar-refractivity contribution in [1.82, 2.24) is 19.1 Å². The third-order valence-corrected chi connectivity index (χ3v) is 7.10. The number of hydrogen-bond acceptors (Lipinski definition) is 6. The van der Waals surface area contributed by atoms with Gasteiger partial charge in [0, 0.05) is 32.4 Å². The van der Waals surface area contributed by atoms with Crippen molar-refractivity contribution in [3.63, 3.8) is 0 Å². The molecule has 0 aliphatic rings. The number of aliphatic hydroxyl groups is 1. The van der Waals surface area contributed by atoms with E-state index in [9.17, 15) is 18.9 Å². The van der Waals surface area contributed by atoms with E-state index >= 15 is 0 Å². The van der Waals surface area contributed by atoms with Gasteiger partial charge in [0.1, 0.15) is 5.03 Å². The minimum atomic E-state index is -1.56. The van der Waals surface area contributed by atoms with Crippen LogP contribution in [0.25, 0.3) is 21.9 Å². The lowest BCUT2D eigenvalue weighted by molar-refractivity contribution is 0.296. The van der Waals surface area contributed by atoms with Crippen LogP contribution in [0.5, 0.6) is 0 Å². The van der Waals surface area contributed by atoms with Crippen LogP contribution in [-0.4, -0.2) is 40.8 Å². The van der Waals surface area contributed by atoms with Crippen molar-refractivity contribution < 1.29 is 9.32 Å². The summed E-state index contributed by atoms with van der Waals surface area (Å²) in [7, 11) is -0.153. The van der Waals surface area contributed by atoms with Crippen LogP contribution in [0.2, 0.25) is 0 Å². The van der Waals surface area contributed by atoms with Crippen LogP contribution < -0.4 is 11.2 Å². The van der Waals surface area contributed by atoms with Crippen molar-refractivity contribution in [2.45, 2.75) is 38.3 Å². The smallest absolute Gasteiger partial charge is 0.332 e. The number of hydrogen-bond donors (Lipinski definition) is 1. The molecular weight excluding hydrogens is 452 g/mol. The molecule has 1 unspecified atom stereocenters. The molecule has 0 amide bonds. The summed E-state index contributed by atoms with van der Waals surface area (Å²) >= 11 is 0. The molecule has 1 N–H and O–H groups in total. The number of rotatable bonds is 8. The summed E-state index contributed by atoms with van der Waals surface area (Å²) in [5.41, 5.74) is 0.658. The van der Waals surface area contributed by atoms with Gasteiger partial charge in [0.15, 0.2) is 11.2 Å². The number of aromatic nitrogens is 4. The van der Waals surface area contributed by atoms with Gasteiger partial charge < -0.3 is 5.11 Å². The third-order valence-electron chi connectivity index (χ3n) is 5.68. The summed E-state index contributed by atoms with van der Waals surface area (Å²) in [5, 5.41) is 11.6. The summed E-state index contributed by atoms with van der Waals surface area (Å²) < 4.78 is 15.7. The highest BCUT2D eigenvalue weighted by Gasteiger charge is 2.21. The Bertz CT molecular complexity index is 1500. The first-order chi connectivity index (χ1) is 16.3. The van der Waals surface area contributed by atoms with Gasteiger partial charge in [0.05, 0.1) is 16.5 Å². The molecule has 4 rings (SSSR count). The molecule has 8 nitrogen and oxygen atoms in total. The minimum absolute atomic E-state index is 0.0248. The molecule has 2 aromatic carbocycles. The molecule has 0 spiro atoms. The first kappa shape index (κ1) is 24.0. The SMILES string of the molecule is CC(C)Cn1c(=O)n(C)c(=O)c2nc(S(=O)CCCO)c(Cc3cccc4ccccc34)nc21. The molecule has 178 valence electrons. The Hall–Kier alpha value is -3.17. The Morgan fingerprint density at radius 1 is 1.06 bits per heavy atom. The maximum absolute atomic E-state index is 13.2. The van der Waals surface area contributed by atoms with E-state index in [0.29, 0.717) is 25.1 Å². The summed E-state index contributed by atoms with van der Waals surface area (Å²) in [5.74, 6) is 0.339. The second-order valence-electron chi connectivity index (χ2n) is 8.74. The normalized spacial score (nSPS) is 12.6. The van der Waals surface area contributed by atoms with Gasteiger partial charge >= 0.3 is 5.69 Å². The zero-order valence-corrected chi connectivity index (χ0v) is 20.3. The van der Waals surface area contributed by atoms with Gasteiger partial charge in [-0.25, -0.2) is 14.8 Å². The maximum atomic E-state index is 13.2. The Morgan fingerprint density at radius 2 is 1.79 bits per heavy atom. The lowest BCUT2D eigenvalue weighted by Crippen LogP contribution is -2.40. The van der Waals surface area contributed by atoms with Crippen molar-refractivity contribution in [3.05, 3.63) is 74.6 Å². The summed E-state index contributed by atoms with van der Waals surface area (Å²) in [6, 6.07) is 13.9. The Morgan fingerprint density at radius 3 is 2.53 bits per heavy atom. The molecule has 0 radical (unpaired) electrons. The highest BCUT2D eigenvalue weighted by Crippen LogP contribution is 2.24. The van der Waals surface area contributed by atoms with E-state index in [1.165, 1.54) is 11.6 Å². The van der Waals surface area contributed by atoms with Gasteiger partial charge in [-0.05, 0) is 28.7 Å². The van der Waals surface area contributed by atoms with E-state index in [1.54, 1.807) is 0 Å². The van der Waals surface area contributed by atoms with Crippen LogP contribution in [0.3, 0.4) is 0 Å². The first-order valence-electron chi connectivity index (χ1n) is 11.3. The van der Waals surface area contributed by atoms with Crippen LogP contribution in [0.4, 0.5) is 0 Å². The molecule has 0 aliphatic heterocycles.